The fourth-order valence-corrected chi connectivity index (χ4v) is 3.26. The van der Waals surface area contributed by atoms with E-state index >= 15 is 0 Å². The van der Waals surface area contributed by atoms with Crippen molar-refractivity contribution in [2.45, 2.75) is 46.1 Å². The number of carbonyl (C=O) groups is 2. The van der Waals surface area contributed by atoms with Crippen LogP contribution in [-0.4, -0.2) is 23.5 Å². The topological polar surface area (TPSA) is 91.3 Å². The molecule has 1 N–H and O–H groups in total. The lowest BCUT2D eigenvalue weighted by atomic mass is 10.2. The summed E-state index contributed by atoms with van der Waals surface area (Å²) in [6.07, 6.45) is 3.42. The molecule has 1 aromatic carbocycles. The second-order valence-electron chi connectivity index (χ2n) is 5.96. The number of nitrogens with zero attached hydrogens (tertiary/aromatic N) is 1. The highest BCUT2D eigenvalue weighted by Crippen LogP contribution is 2.18. The molecule has 0 radical (unpaired) electrons. The number of carbonyl (C=O) groups excluding carboxylic acids is 2. The second kappa shape index (κ2) is 9.91. The average molecular weight is 375 g/mol. The largest absolute Gasteiger partial charge is 0.544 e. The van der Waals surface area contributed by atoms with E-state index < -0.39 is 5.97 Å². The number of nitrogens with one attached hydrogen (secondary N) is 1. The van der Waals surface area contributed by atoms with E-state index in [1.807, 2.05) is 24.3 Å². The first kappa shape index (κ1) is 19.9. The molecule has 0 aliphatic heterocycles. The predicted octanol–water partition coefficient (Wildman–Crippen LogP) is 2.24. The number of benzene rings is 1. The molecule has 26 heavy (non-hydrogen) atoms. The molecule has 2 aromatic rings. The standard InChI is InChI=1S/C19H24N2O4S/c1-3-4-5-10-25-15-8-6-14(7-9-15)12-20-16(22)11-17-21-13(2)18(26-17)19(23)24/h6-9H,3-5,10-12H2,1-2H3,(H,20,22)(H,23,24)/p-1. The fraction of sp³-hybridized carbons (Fsp3) is 0.421. The lowest BCUT2D eigenvalue weighted by Crippen LogP contribution is -2.24. The number of hydrogen-bond acceptors (Lipinski definition) is 6. The maximum atomic E-state index is 12.0. The molecule has 0 saturated carbocycles. The Morgan fingerprint density at radius 3 is 2.58 bits per heavy atom. The van der Waals surface area contributed by atoms with E-state index in [-0.39, 0.29) is 17.2 Å². The van der Waals surface area contributed by atoms with Gasteiger partial charge in [-0.3, -0.25) is 4.79 Å². The Morgan fingerprint density at radius 1 is 1.23 bits per heavy atom. The predicted molar refractivity (Wildman–Crippen MR) is 98.2 cm³/mol. The summed E-state index contributed by atoms with van der Waals surface area (Å²) in [4.78, 5) is 27.1. The number of carboxylic acids is 1. The quantitative estimate of drug-likeness (QED) is 0.643. The molecular weight excluding hydrogens is 352 g/mol. The molecule has 140 valence electrons. The number of aryl methyl sites for hydroxylation is 1. The van der Waals surface area contributed by atoms with Gasteiger partial charge in [-0.1, -0.05) is 31.9 Å². The lowest BCUT2D eigenvalue weighted by molar-refractivity contribution is -0.254. The highest BCUT2D eigenvalue weighted by Gasteiger charge is 2.12. The summed E-state index contributed by atoms with van der Waals surface area (Å²) in [5.74, 6) is -0.642. The summed E-state index contributed by atoms with van der Waals surface area (Å²) < 4.78 is 5.65. The maximum absolute atomic E-state index is 12.0. The summed E-state index contributed by atoms with van der Waals surface area (Å²) in [6, 6.07) is 7.61. The summed E-state index contributed by atoms with van der Waals surface area (Å²) >= 11 is 0.980. The van der Waals surface area contributed by atoms with Crippen molar-refractivity contribution >= 4 is 23.2 Å². The zero-order chi connectivity index (χ0) is 18.9. The van der Waals surface area contributed by atoms with Crippen LogP contribution in [0.15, 0.2) is 24.3 Å². The van der Waals surface area contributed by atoms with Crippen LogP contribution in [-0.2, 0) is 17.8 Å². The highest BCUT2D eigenvalue weighted by atomic mass is 32.1. The number of unbranched alkanes of at least 4 members (excludes halogenated alkanes) is 2. The smallest absolute Gasteiger partial charge is 0.227 e. The Balaban J connectivity index is 1.78. The Morgan fingerprint density at radius 2 is 1.96 bits per heavy atom. The monoisotopic (exact) mass is 375 g/mol. The third-order valence-electron chi connectivity index (χ3n) is 3.77. The van der Waals surface area contributed by atoms with E-state index in [1.54, 1.807) is 6.92 Å². The van der Waals surface area contributed by atoms with Crippen LogP contribution < -0.4 is 15.2 Å². The van der Waals surface area contributed by atoms with Gasteiger partial charge in [0.2, 0.25) is 5.91 Å². The van der Waals surface area contributed by atoms with Crippen molar-refractivity contribution in [1.82, 2.24) is 10.3 Å². The molecule has 0 aliphatic carbocycles. The molecule has 0 fully saturated rings. The van der Waals surface area contributed by atoms with Crippen molar-refractivity contribution in [2.75, 3.05) is 6.61 Å². The van der Waals surface area contributed by atoms with E-state index in [4.69, 9.17) is 4.74 Å². The number of thiazole rings is 1. The minimum Gasteiger partial charge on any atom is -0.544 e. The summed E-state index contributed by atoms with van der Waals surface area (Å²) in [5, 5.41) is 14.2. The number of hydrogen-bond donors (Lipinski definition) is 1. The molecule has 1 amide bonds. The van der Waals surface area contributed by atoms with Crippen LogP contribution in [0.2, 0.25) is 0 Å². The minimum absolute atomic E-state index is 0.0530. The molecule has 0 atom stereocenters. The van der Waals surface area contributed by atoms with E-state index in [0.717, 1.165) is 41.9 Å². The minimum atomic E-state index is -1.26. The number of ether oxygens (including phenoxy) is 1. The molecular formula is C19H23N2O4S-. The van der Waals surface area contributed by atoms with Crippen LogP contribution in [0, 0.1) is 6.92 Å². The van der Waals surface area contributed by atoms with Crippen LogP contribution in [0.5, 0.6) is 5.75 Å². The third-order valence-corrected chi connectivity index (χ3v) is 4.91. The zero-order valence-electron chi connectivity index (χ0n) is 15.0. The molecule has 0 spiro atoms. The normalized spacial score (nSPS) is 10.5. The number of carboxylic acid groups (broad SMARTS) is 1. The van der Waals surface area contributed by atoms with Crippen LogP contribution in [0.3, 0.4) is 0 Å². The summed E-state index contributed by atoms with van der Waals surface area (Å²) in [7, 11) is 0. The van der Waals surface area contributed by atoms with Gasteiger partial charge in [-0.05, 0) is 31.0 Å². The van der Waals surface area contributed by atoms with Gasteiger partial charge >= 0.3 is 0 Å². The third kappa shape index (κ3) is 6.15. The van der Waals surface area contributed by atoms with Crippen molar-refractivity contribution in [3.8, 4) is 5.75 Å². The van der Waals surface area contributed by atoms with E-state index in [1.165, 1.54) is 0 Å². The molecule has 0 bridgehead atoms. The molecule has 1 aromatic heterocycles. The van der Waals surface area contributed by atoms with Crippen LogP contribution >= 0.6 is 11.3 Å². The number of aromatic nitrogens is 1. The van der Waals surface area contributed by atoms with Gasteiger partial charge in [0.1, 0.15) is 10.8 Å². The van der Waals surface area contributed by atoms with Gasteiger partial charge in [-0.25, -0.2) is 4.98 Å². The van der Waals surface area contributed by atoms with Gasteiger partial charge in [0.15, 0.2) is 0 Å². The summed E-state index contributed by atoms with van der Waals surface area (Å²) in [6.45, 7) is 4.85. The molecule has 1 heterocycles. The van der Waals surface area contributed by atoms with Crippen LogP contribution in [0.1, 0.15) is 52.1 Å². The summed E-state index contributed by atoms with van der Waals surface area (Å²) in [5.41, 5.74) is 1.34. The first-order valence-electron chi connectivity index (χ1n) is 8.65. The second-order valence-corrected chi connectivity index (χ2v) is 7.05. The van der Waals surface area contributed by atoms with E-state index in [9.17, 15) is 14.7 Å². The van der Waals surface area contributed by atoms with Gasteiger partial charge in [0.05, 0.1) is 29.6 Å². The van der Waals surface area contributed by atoms with E-state index in [2.05, 4.69) is 17.2 Å². The molecule has 7 heteroatoms. The average Bonchev–Trinajstić information content (AvgIpc) is 2.98. The van der Waals surface area contributed by atoms with Gasteiger partial charge in [-0.15, -0.1) is 11.3 Å². The first-order chi connectivity index (χ1) is 12.5. The maximum Gasteiger partial charge on any atom is 0.227 e. The van der Waals surface area contributed by atoms with Gasteiger partial charge in [-0.2, -0.15) is 0 Å². The van der Waals surface area contributed by atoms with Crippen molar-refractivity contribution in [3.63, 3.8) is 0 Å². The molecule has 0 aliphatic rings. The van der Waals surface area contributed by atoms with Crippen molar-refractivity contribution in [3.05, 3.63) is 45.4 Å². The van der Waals surface area contributed by atoms with Gasteiger partial charge in [0, 0.05) is 6.54 Å². The van der Waals surface area contributed by atoms with Crippen molar-refractivity contribution in [2.24, 2.45) is 0 Å². The number of amides is 1. The Kier molecular flexibility index (Phi) is 7.59. The zero-order valence-corrected chi connectivity index (χ0v) is 15.9. The van der Waals surface area contributed by atoms with Crippen molar-refractivity contribution < 1.29 is 19.4 Å². The van der Waals surface area contributed by atoms with E-state index in [0.29, 0.717) is 23.9 Å². The van der Waals surface area contributed by atoms with Crippen molar-refractivity contribution in [1.29, 1.82) is 0 Å². The first-order valence-corrected chi connectivity index (χ1v) is 9.47. The Bertz CT molecular complexity index is 740. The molecule has 6 nitrogen and oxygen atoms in total. The number of aromatic carboxylic acids is 1. The number of rotatable bonds is 10. The molecule has 2 rings (SSSR count). The van der Waals surface area contributed by atoms with Crippen LogP contribution in [0.25, 0.3) is 0 Å². The molecule has 0 saturated heterocycles. The molecule has 0 unspecified atom stereocenters. The Hall–Kier alpha value is -2.41. The highest BCUT2D eigenvalue weighted by molar-refractivity contribution is 7.13. The SMILES string of the molecule is CCCCCOc1ccc(CNC(=O)Cc2nc(C)c(C(=O)[O-])s2)cc1. The van der Waals surface area contributed by atoms with Crippen LogP contribution in [0.4, 0.5) is 0 Å². The Labute approximate surface area is 157 Å². The van der Waals surface area contributed by atoms with Gasteiger partial charge < -0.3 is 20.0 Å². The van der Waals surface area contributed by atoms with Gasteiger partial charge in [0.25, 0.3) is 0 Å². The lowest BCUT2D eigenvalue weighted by Gasteiger charge is -2.08. The fourth-order valence-electron chi connectivity index (χ4n) is 2.36.